The Kier molecular flexibility index (Phi) is 3.75. The van der Waals surface area contributed by atoms with Crippen LogP contribution in [0.1, 0.15) is 15.9 Å². The Balaban J connectivity index is 2.30. The first-order chi connectivity index (χ1) is 8.56. The molecule has 92 valence electrons. The SMILES string of the molecule is Cc1ccc(C(=O)O)cc1Oc1ncc(I)cn1. The molecule has 2 aromatic rings. The van der Waals surface area contributed by atoms with E-state index in [1.165, 1.54) is 12.1 Å². The first-order valence-corrected chi connectivity index (χ1v) is 6.13. The van der Waals surface area contributed by atoms with Gasteiger partial charge in [0.1, 0.15) is 5.75 Å². The second-order valence-electron chi connectivity index (χ2n) is 3.57. The van der Waals surface area contributed by atoms with Crippen LogP contribution in [0.4, 0.5) is 0 Å². The number of carboxylic acids is 1. The lowest BCUT2D eigenvalue weighted by Gasteiger charge is -2.07. The molecule has 0 saturated heterocycles. The third-order valence-corrected chi connectivity index (χ3v) is 2.79. The third-order valence-electron chi connectivity index (χ3n) is 2.23. The van der Waals surface area contributed by atoms with Gasteiger partial charge >= 0.3 is 12.0 Å². The van der Waals surface area contributed by atoms with Gasteiger partial charge in [-0.1, -0.05) is 6.07 Å². The molecule has 0 radical (unpaired) electrons. The Morgan fingerprint density at radius 1 is 1.33 bits per heavy atom. The summed E-state index contributed by atoms with van der Waals surface area (Å²) in [6.07, 6.45) is 3.25. The lowest BCUT2D eigenvalue weighted by atomic mass is 10.1. The minimum atomic E-state index is -0.997. The quantitative estimate of drug-likeness (QED) is 0.857. The van der Waals surface area contributed by atoms with Crippen LogP contribution in [0, 0.1) is 10.5 Å². The number of aromatic carboxylic acids is 1. The Morgan fingerprint density at radius 3 is 2.61 bits per heavy atom. The summed E-state index contributed by atoms with van der Waals surface area (Å²) in [4.78, 5) is 18.9. The largest absolute Gasteiger partial charge is 0.478 e. The summed E-state index contributed by atoms with van der Waals surface area (Å²) in [6, 6.07) is 4.87. The number of carboxylic acid groups (broad SMARTS) is 1. The van der Waals surface area contributed by atoms with Gasteiger partial charge in [0.25, 0.3) is 0 Å². The van der Waals surface area contributed by atoms with Crippen LogP contribution in [0.2, 0.25) is 0 Å². The lowest BCUT2D eigenvalue weighted by Crippen LogP contribution is -1.99. The predicted molar refractivity (Wildman–Crippen MR) is 73.0 cm³/mol. The number of nitrogens with zero attached hydrogens (tertiary/aromatic N) is 2. The van der Waals surface area contributed by atoms with Crippen molar-refractivity contribution >= 4 is 28.6 Å². The van der Waals surface area contributed by atoms with Crippen molar-refractivity contribution < 1.29 is 14.6 Å². The highest BCUT2D eigenvalue weighted by Crippen LogP contribution is 2.23. The van der Waals surface area contributed by atoms with Crippen molar-refractivity contribution in [2.75, 3.05) is 0 Å². The Labute approximate surface area is 117 Å². The molecule has 1 aromatic carbocycles. The van der Waals surface area contributed by atoms with E-state index in [-0.39, 0.29) is 11.6 Å². The van der Waals surface area contributed by atoms with Gasteiger partial charge in [0, 0.05) is 16.0 Å². The van der Waals surface area contributed by atoms with Gasteiger partial charge in [0.2, 0.25) is 0 Å². The van der Waals surface area contributed by atoms with Crippen molar-refractivity contribution in [1.29, 1.82) is 0 Å². The maximum absolute atomic E-state index is 10.9. The topological polar surface area (TPSA) is 72.3 Å². The highest BCUT2D eigenvalue weighted by molar-refractivity contribution is 14.1. The molecular weight excluding hydrogens is 347 g/mol. The van der Waals surface area contributed by atoms with Crippen molar-refractivity contribution in [3.05, 3.63) is 45.3 Å². The van der Waals surface area contributed by atoms with Crippen LogP contribution in [-0.4, -0.2) is 21.0 Å². The summed E-state index contributed by atoms with van der Waals surface area (Å²) in [7, 11) is 0. The van der Waals surface area contributed by atoms with Crippen LogP contribution < -0.4 is 4.74 Å². The average Bonchev–Trinajstić information content (AvgIpc) is 2.34. The molecule has 0 fully saturated rings. The first kappa shape index (κ1) is 12.7. The summed E-state index contributed by atoms with van der Waals surface area (Å²) in [5.41, 5.74) is 0.989. The summed E-state index contributed by atoms with van der Waals surface area (Å²) < 4.78 is 6.37. The molecule has 0 aliphatic carbocycles. The minimum Gasteiger partial charge on any atom is -0.478 e. The van der Waals surface area contributed by atoms with E-state index in [2.05, 4.69) is 32.6 Å². The van der Waals surface area contributed by atoms with Gasteiger partial charge in [-0.15, -0.1) is 0 Å². The molecule has 0 atom stereocenters. The number of halogens is 1. The molecule has 1 heterocycles. The van der Waals surface area contributed by atoms with Crippen molar-refractivity contribution in [3.8, 4) is 11.8 Å². The predicted octanol–water partition coefficient (Wildman–Crippen LogP) is 2.88. The lowest BCUT2D eigenvalue weighted by molar-refractivity contribution is 0.0696. The number of hydrogen-bond donors (Lipinski definition) is 1. The van der Waals surface area contributed by atoms with Gasteiger partial charge in [-0.25, -0.2) is 14.8 Å². The van der Waals surface area contributed by atoms with Gasteiger partial charge in [-0.3, -0.25) is 0 Å². The van der Waals surface area contributed by atoms with Crippen LogP contribution in [0.25, 0.3) is 0 Å². The van der Waals surface area contributed by atoms with Crippen LogP contribution in [0.5, 0.6) is 11.8 Å². The van der Waals surface area contributed by atoms with Gasteiger partial charge in [-0.2, -0.15) is 0 Å². The van der Waals surface area contributed by atoms with Crippen LogP contribution in [0.15, 0.2) is 30.6 Å². The van der Waals surface area contributed by atoms with Gasteiger partial charge in [-0.05, 0) is 47.2 Å². The monoisotopic (exact) mass is 356 g/mol. The smallest absolute Gasteiger partial charge is 0.335 e. The zero-order valence-corrected chi connectivity index (χ0v) is 11.6. The fourth-order valence-electron chi connectivity index (χ4n) is 1.29. The number of aryl methyl sites for hydroxylation is 1. The summed E-state index contributed by atoms with van der Waals surface area (Å²) in [5.74, 6) is -0.556. The number of ether oxygens (including phenoxy) is 1. The zero-order chi connectivity index (χ0) is 13.1. The van der Waals surface area contributed by atoms with Crippen molar-refractivity contribution in [3.63, 3.8) is 0 Å². The van der Waals surface area contributed by atoms with Gasteiger partial charge in [0.05, 0.1) is 5.56 Å². The summed E-state index contributed by atoms with van der Waals surface area (Å²) >= 11 is 2.09. The maximum atomic E-state index is 10.9. The minimum absolute atomic E-state index is 0.168. The normalized spacial score (nSPS) is 10.1. The Bertz CT molecular complexity index is 584. The van der Waals surface area contributed by atoms with E-state index in [9.17, 15) is 4.79 Å². The van der Waals surface area contributed by atoms with E-state index >= 15 is 0 Å². The van der Waals surface area contributed by atoms with E-state index in [1.807, 2.05) is 6.92 Å². The van der Waals surface area contributed by atoms with Gasteiger partial charge in [0.15, 0.2) is 0 Å². The van der Waals surface area contributed by atoms with Crippen molar-refractivity contribution in [2.45, 2.75) is 6.92 Å². The molecule has 0 unspecified atom stereocenters. The molecule has 18 heavy (non-hydrogen) atoms. The zero-order valence-electron chi connectivity index (χ0n) is 9.42. The summed E-state index contributed by atoms with van der Waals surface area (Å²) in [5, 5.41) is 8.91. The molecular formula is C12H9IN2O3. The van der Waals surface area contributed by atoms with Crippen molar-refractivity contribution in [1.82, 2.24) is 9.97 Å². The van der Waals surface area contributed by atoms with E-state index in [1.54, 1.807) is 18.5 Å². The number of rotatable bonds is 3. The molecule has 0 spiro atoms. The van der Waals surface area contributed by atoms with E-state index in [0.717, 1.165) is 9.13 Å². The fourth-order valence-corrected chi connectivity index (χ4v) is 1.57. The molecule has 0 saturated carbocycles. The highest BCUT2D eigenvalue weighted by atomic mass is 127. The van der Waals surface area contributed by atoms with Crippen LogP contribution in [0.3, 0.4) is 0 Å². The summed E-state index contributed by atoms with van der Waals surface area (Å²) in [6.45, 7) is 1.83. The molecule has 6 heteroatoms. The molecule has 1 N–H and O–H groups in total. The molecule has 0 amide bonds. The number of benzene rings is 1. The molecule has 0 aliphatic rings. The second kappa shape index (κ2) is 5.30. The van der Waals surface area contributed by atoms with Gasteiger partial charge < -0.3 is 9.84 Å². The Morgan fingerprint density at radius 2 is 2.00 bits per heavy atom. The number of carbonyl (C=O) groups is 1. The van der Waals surface area contributed by atoms with Crippen LogP contribution >= 0.6 is 22.6 Å². The molecule has 0 aliphatic heterocycles. The molecule has 1 aromatic heterocycles. The second-order valence-corrected chi connectivity index (χ2v) is 4.82. The standard InChI is InChI=1S/C12H9IN2O3/c1-7-2-3-8(11(16)17)4-10(7)18-12-14-5-9(13)6-15-12/h2-6H,1H3,(H,16,17). The van der Waals surface area contributed by atoms with E-state index < -0.39 is 5.97 Å². The van der Waals surface area contributed by atoms with E-state index in [4.69, 9.17) is 9.84 Å². The maximum Gasteiger partial charge on any atom is 0.335 e. The van der Waals surface area contributed by atoms with Crippen LogP contribution in [-0.2, 0) is 0 Å². The average molecular weight is 356 g/mol. The van der Waals surface area contributed by atoms with Crippen molar-refractivity contribution in [2.24, 2.45) is 0 Å². The molecule has 2 rings (SSSR count). The Hall–Kier alpha value is -1.70. The number of aromatic nitrogens is 2. The highest BCUT2D eigenvalue weighted by Gasteiger charge is 2.09. The fraction of sp³-hybridized carbons (Fsp3) is 0.0833. The molecule has 0 bridgehead atoms. The number of hydrogen-bond acceptors (Lipinski definition) is 4. The third kappa shape index (κ3) is 2.95. The molecule has 5 nitrogen and oxygen atoms in total. The first-order valence-electron chi connectivity index (χ1n) is 5.05. The van der Waals surface area contributed by atoms with E-state index in [0.29, 0.717) is 5.75 Å².